The van der Waals surface area contributed by atoms with Crippen molar-refractivity contribution in [3.8, 4) is 0 Å². The van der Waals surface area contributed by atoms with E-state index in [0.717, 1.165) is 12.1 Å². The predicted octanol–water partition coefficient (Wildman–Crippen LogP) is 1.42. The molecule has 0 saturated heterocycles. The molecule has 1 N–H and O–H groups in total. The van der Waals surface area contributed by atoms with Crippen LogP contribution < -0.4 is 0 Å². The number of carboxylic acid groups (broad SMARTS) is 1. The molecule has 0 aliphatic carbocycles. The Balaban J connectivity index is 3.23. The van der Waals surface area contributed by atoms with Crippen molar-refractivity contribution in [2.24, 2.45) is 0 Å². The Morgan fingerprint density at radius 3 is 2.44 bits per heavy atom. The normalized spacial score (nSPS) is 9.81. The summed E-state index contributed by atoms with van der Waals surface area (Å²) in [7, 11) is 0. The number of hydrogen-bond donors (Lipinski definition) is 1. The van der Waals surface area contributed by atoms with E-state index in [1.807, 2.05) is 0 Å². The maximum absolute atomic E-state index is 11.1. The van der Waals surface area contributed by atoms with Gasteiger partial charge in [-0.05, 0) is 18.6 Å². The number of carbonyl (C=O) groups excluding carboxylic acids is 1. The number of Topliss-reactive ketones (excluding diaryl/α,β-unsaturated/α-hetero) is 1. The smallest absolute Gasteiger partial charge is 0.307 e. The summed E-state index contributed by atoms with van der Waals surface area (Å²) >= 11 is 0. The van der Waals surface area contributed by atoms with Crippen molar-refractivity contribution in [3.63, 3.8) is 0 Å². The zero-order valence-corrected chi connectivity index (χ0v) is 8.47. The number of carboxylic acids is 1. The zero-order valence-electron chi connectivity index (χ0n) is 8.47. The second-order valence-electron chi connectivity index (χ2n) is 3.27. The van der Waals surface area contributed by atoms with Gasteiger partial charge in [0.1, 0.15) is 0 Å². The third-order valence-corrected chi connectivity index (χ3v) is 1.95. The molecule has 0 radical (unpaired) electrons. The van der Waals surface area contributed by atoms with Gasteiger partial charge in [0.05, 0.1) is 11.3 Å². The lowest BCUT2D eigenvalue weighted by molar-refractivity contribution is -0.384. The van der Waals surface area contributed by atoms with E-state index in [4.69, 9.17) is 5.11 Å². The maximum Gasteiger partial charge on any atom is 0.307 e. The van der Waals surface area contributed by atoms with Gasteiger partial charge in [0.15, 0.2) is 5.78 Å². The summed E-state index contributed by atoms with van der Waals surface area (Å²) in [5, 5.41) is 19.1. The lowest BCUT2D eigenvalue weighted by Gasteiger charge is -2.01. The molecule has 1 aromatic carbocycles. The number of nitrogens with zero attached hydrogens (tertiary/aromatic N) is 1. The van der Waals surface area contributed by atoms with E-state index >= 15 is 0 Å². The molecule has 0 aromatic heterocycles. The van der Waals surface area contributed by atoms with Crippen LogP contribution in [0, 0.1) is 10.1 Å². The summed E-state index contributed by atoms with van der Waals surface area (Å²) in [6, 6.07) is 3.64. The first-order chi connectivity index (χ1) is 7.40. The van der Waals surface area contributed by atoms with Crippen LogP contribution in [0.25, 0.3) is 0 Å². The molecule has 0 fully saturated rings. The number of hydrogen-bond acceptors (Lipinski definition) is 4. The standard InChI is InChI=1S/C10H9NO5/c1-6(12)8-2-7(4-10(13)14)3-9(5-8)11(15)16/h2-3,5H,4H2,1H3,(H,13,14). The van der Waals surface area contributed by atoms with E-state index in [0.29, 0.717) is 0 Å². The highest BCUT2D eigenvalue weighted by molar-refractivity contribution is 5.95. The van der Waals surface area contributed by atoms with Crippen LogP contribution in [-0.2, 0) is 11.2 Å². The summed E-state index contributed by atoms with van der Waals surface area (Å²) < 4.78 is 0. The summed E-state index contributed by atoms with van der Waals surface area (Å²) in [6.45, 7) is 1.27. The highest BCUT2D eigenvalue weighted by Gasteiger charge is 2.13. The van der Waals surface area contributed by atoms with Gasteiger partial charge in [-0.3, -0.25) is 19.7 Å². The molecule has 0 atom stereocenters. The number of non-ortho nitro benzene ring substituents is 1. The number of ketones is 1. The van der Waals surface area contributed by atoms with Gasteiger partial charge in [0.2, 0.25) is 0 Å². The number of nitro benzene ring substituents is 1. The number of aliphatic carboxylic acids is 1. The zero-order chi connectivity index (χ0) is 12.3. The van der Waals surface area contributed by atoms with E-state index in [-0.39, 0.29) is 29.0 Å². The highest BCUT2D eigenvalue weighted by atomic mass is 16.6. The Labute approximate surface area is 90.7 Å². The predicted molar refractivity (Wildman–Crippen MR) is 54.4 cm³/mol. The maximum atomic E-state index is 11.1. The van der Waals surface area contributed by atoms with Crippen LogP contribution in [0.2, 0.25) is 0 Å². The molecule has 0 aliphatic heterocycles. The minimum Gasteiger partial charge on any atom is -0.481 e. The van der Waals surface area contributed by atoms with Gasteiger partial charge in [-0.25, -0.2) is 0 Å². The first kappa shape index (κ1) is 11.8. The van der Waals surface area contributed by atoms with Gasteiger partial charge in [-0.2, -0.15) is 0 Å². The van der Waals surface area contributed by atoms with Gasteiger partial charge < -0.3 is 5.11 Å². The fourth-order valence-corrected chi connectivity index (χ4v) is 1.26. The average molecular weight is 223 g/mol. The van der Waals surface area contributed by atoms with Crippen molar-refractivity contribution in [1.29, 1.82) is 0 Å². The van der Waals surface area contributed by atoms with Gasteiger partial charge in [0, 0.05) is 17.7 Å². The molecule has 0 saturated carbocycles. The van der Waals surface area contributed by atoms with Crippen LogP contribution in [-0.4, -0.2) is 21.8 Å². The van der Waals surface area contributed by atoms with E-state index < -0.39 is 10.9 Å². The number of carbonyl (C=O) groups is 2. The Morgan fingerprint density at radius 2 is 2.00 bits per heavy atom. The summed E-state index contributed by atoms with van der Waals surface area (Å²) in [4.78, 5) is 31.5. The van der Waals surface area contributed by atoms with Crippen molar-refractivity contribution in [1.82, 2.24) is 0 Å². The topological polar surface area (TPSA) is 97.5 Å². The fraction of sp³-hybridized carbons (Fsp3) is 0.200. The second kappa shape index (κ2) is 4.52. The molecule has 1 aromatic rings. The molecule has 6 nitrogen and oxygen atoms in total. The monoisotopic (exact) mass is 223 g/mol. The largest absolute Gasteiger partial charge is 0.481 e. The molecule has 1 rings (SSSR count). The van der Waals surface area contributed by atoms with Gasteiger partial charge >= 0.3 is 5.97 Å². The molecular formula is C10H9NO5. The van der Waals surface area contributed by atoms with Gasteiger partial charge in [-0.1, -0.05) is 0 Å². The number of benzene rings is 1. The highest BCUT2D eigenvalue weighted by Crippen LogP contribution is 2.18. The summed E-state index contributed by atoms with van der Waals surface area (Å²) in [5.74, 6) is -1.44. The molecule has 0 heterocycles. The minimum atomic E-state index is -1.10. The molecule has 84 valence electrons. The van der Waals surface area contributed by atoms with Gasteiger partial charge in [0.25, 0.3) is 5.69 Å². The molecular weight excluding hydrogens is 214 g/mol. The molecule has 0 unspecified atom stereocenters. The van der Waals surface area contributed by atoms with Crippen molar-refractivity contribution < 1.29 is 19.6 Å². The lowest BCUT2D eigenvalue weighted by Crippen LogP contribution is -2.03. The van der Waals surface area contributed by atoms with Crippen molar-refractivity contribution in [3.05, 3.63) is 39.4 Å². The Kier molecular flexibility index (Phi) is 3.34. The molecule has 6 heteroatoms. The van der Waals surface area contributed by atoms with E-state index in [1.54, 1.807) is 0 Å². The summed E-state index contributed by atoms with van der Waals surface area (Å²) in [5.41, 5.74) is 0.112. The first-order valence-electron chi connectivity index (χ1n) is 4.41. The van der Waals surface area contributed by atoms with E-state index in [1.165, 1.54) is 13.0 Å². The molecule has 0 amide bonds. The fourth-order valence-electron chi connectivity index (χ4n) is 1.26. The van der Waals surface area contributed by atoms with E-state index in [9.17, 15) is 19.7 Å². The van der Waals surface area contributed by atoms with Crippen LogP contribution in [0.4, 0.5) is 5.69 Å². The molecule has 16 heavy (non-hydrogen) atoms. The van der Waals surface area contributed by atoms with E-state index in [2.05, 4.69) is 0 Å². The van der Waals surface area contributed by atoms with Crippen LogP contribution in [0.5, 0.6) is 0 Å². The Morgan fingerprint density at radius 1 is 1.38 bits per heavy atom. The SMILES string of the molecule is CC(=O)c1cc(CC(=O)O)cc([N+](=O)[O-])c1. The molecule has 0 spiro atoms. The summed E-state index contributed by atoms with van der Waals surface area (Å²) in [6.07, 6.45) is -0.345. The third-order valence-electron chi connectivity index (χ3n) is 1.95. The van der Waals surface area contributed by atoms with Crippen LogP contribution in [0.3, 0.4) is 0 Å². The van der Waals surface area contributed by atoms with Gasteiger partial charge in [-0.15, -0.1) is 0 Å². The van der Waals surface area contributed by atoms with Crippen LogP contribution in [0.1, 0.15) is 22.8 Å². The van der Waals surface area contributed by atoms with Crippen LogP contribution >= 0.6 is 0 Å². The Bertz CT molecular complexity index is 434. The van der Waals surface area contributed by atoms with Crippen molar-refractivity contribution in [2.75, 3.05) is 0 Å². The van der Waals surface area contributed by atoms with Crippen molar-refractivity contribution >= 4 is 17.4 Å². The average Bonchev–Trinajstić information content (AvgIpc) is 2.15. The number of nitro groups is 1. The lowest BCUT2D eigenvalue weighted by atomic mass is 10.0. The van der Waals surface area contributed by atoms with Crippen molar-refractivity contribution in [2.45, 2.75) is 13.3 Å². The van der Waals surface area contributed by atoms with Crippen LogP contribution in [0.15, 0.2) is 18.2 Å². The molecule has 0 aliphatic rings. The third kappa shape index (κ3) is 2.88. The Hall–Kier alpha value is -2.24. The first-order valence-corrected chi connectivity index (χ1v) is 4.41. The number of rotatable bonds is 4. The molecule has 0 bridgehead atoms. The quantitative estimate of drug-likeness (QED) is 0.473. The minimum absolute atomic E-state index is 0.144. The second-order valence-corrected chi connectivity index (χ2v) is 3.27.